The second kappa shape index (κ2) is 8.61. The molecule has 4 rings (SSSR count). The zero-order valence-corrected chi connectivity index (χ0v) is 16.0. The van der Waals surface area contributed by atoms with Gasteiger partial charge in [0, 0.05) is 24.3 Å². The Morgan fingerprint density at radius 3 is 2.41 bits per heavy atom. The van der Waals surface area contributed by atoms with Crippen molar-refractivity contribution in [3.8, 4) is 5.75 Å². The first-order chi connectivity index (χ1) is 14.2. The molecule has 0 aromatic heterocycles. The molecule has 0 saturated carbocycles. The number of para-hydroxylation sites is 1. The Kier molecular flexibility index (Phi) is 5.56. The lowest BCUT2D eigenvalue weighted by atomic mass is 10.1. The average molecular weight is 386 g/mol. The number of hydrogen-bond acceptors (Lipinski definition) is 3. The summed E-state index contributed by atoms with van der Waals surface area (Å²) >= 11 is 0. The molecule has 0 spiro atoms. The maximum atomic E-state index is 12.8. The van der Waals surface area contributed by atoms with Crippen LogP contribution < -0.4 is 15.0 Å². The summed E-state index contributed by atoms with van der Waals surface area (Å²) < 4.78 is 5.46. The Hall–Kier alpha value is -3.60. The lowest BCUT2D eigenvalue weighted by Gasteiger charge is -2.18. The summed E-state index contributed by atoms with van der Waals surface area (Å²) in [6.45, 7) is 1.02. The van der Waals surface area contributed by atoms with E-state index in [9.17, 15) is 9.59 Å². The van der Waals surface area contributed by atoms with Crippen molar-refractivity contribution in [2.75, 3.05) is 18.1 Å². The number of anilines is 1. The molecule has 0 aliphatic carbocycles. The lowest BCUT2D eigenvalue weighted by Crippen LogP contribution is -2.29. The minimum Gasteiger partial charge on any atom is -0.484 e. The lowest BCUT2D eigenvalue weighted by molar-refractivity contribution is -0.123. The van der Waals surface area contributed by atoms with Gasteiger partial charge in [-0.1, -0.05) is 48.5 Å². The maximum absolute atomic E-state index is 12.8. The van der Waals surface area contributed by atoms with E-state index in [0.29, 0.717) is 24.4 Å². The molecule has 1 aliphatic heterocycles. The van der Waals surface area contributed by atoms with Crippen LogP contribution in [0.3, 0.4) is 0 Å². The molecule has 1 N–H and O–H groups in total. The van der Waals surface area contributed by atoms with Crippen LogP contribution in [0.1, 0.15) is 21.5 Å². The molecule has 2 amide bonds. The van der Waals surface area contributed by atoms with Crippen molar-refractivity contribution in [2.24, 2.45) is 0 Å². The number of fused-ring (bicyclic) bond motifs is 1. The monoisotopic (exact) mass is 386 g/mol. The summed E-state index contributed by atoms with van der Waals surface area (Å²) in [5, 5.41) is 2.87. The zero-order valence-electron chi connectivity index (χ0n) is 16.0. The highest BCUT2D eigenvalue weighted by Gasteiger charge is 2.25. The second-order valence-electron chi connectivity index (χ2n) is 6.91. The van der Waals surface area contributed by atoms with Crippen LogP contribution >= 0.6 is 0 Å². The third kappa shape index (κ3) is 4.46. The van der Waals surface area contributed by atoms with E-state index in [2.05, 4.69) is 5.32 Å². The van der Waals surface area contributed by atoms with Crippen LogP contribution in [0.5, 0.6) is 5.75 Å². The van der Waals surface area contributed by atoms with Crippen LogP contribution in [-0.2, 0) is 17.8 Å². The third-order valence-corrected chi connectivity index (χ3v) is 4.91. The van der Waals surface area contributed by atoms with Crippen molar-refractivity contribution in [2.45, 2.75) is 13.0 Å². The fourth-order valence-electron chi connectivity index (χ4n) is 3.40. The molecule has 0 bridgehead atoms. The first-order valence-electron chi connectivity index (χ1n) is 9.64. The first kappa shape index (κ1) is 18.7. The van der Waals surface area contributed by atoms with Crippen LogP contribution in [0.4, 0.5) is 5.69 Å². The van der Waals surface area contributed by atoms with Gasteiger partial charge in [-0.15, -0.1) is 0 Å². The summed E-state index contributed by atoms with van der Waals surface area (Å²) in [5.74, 6) is 0.476. The van der Waals surface area contributed by atoms with Gasteiger partial charge >= 0.3 is 0 Å². The SMILES string of the molecule is O=C(COc1ccccc1)NCc1ccc2c(c1)N(C(=O)c1ccccc1)CC2. The van der Waals surface area contributed by atoms with Gasteiger partial charge in [0.2, 0.25) is 0 Å². The van der Waals surface area contributed by atoms with Crippen molar-refractivity contribution in [1.29, 1.82) is 0 Å². The van der Waals surface area contributed by atoms with Gasteiger partial charge in [0.15, 0.2) is 6.61 Å². The number of ether oxygens (including phenoxy) is 1. The van der Waals surface area contributed by atoms with E-state index in [1.807, 2.05) is 83.8 Å². The maximum Gasteiger partial charge on any atom is 0.258 e. The number of carbonyl (C=O) groups is 2. The Labute approximate surface area is 169 Å². The third-order valence-electron chi connectivity index (χ3n) is 4.91. The average Bonchev–Trinajstić information content (AvgIpc) is 3.20. The van der Waals surface area contributed by atoms with E-state index in [-0.39, 0.29) is 18.4 Å². The second-order valence-corrected chi connectivity index (χ2v) is 6.91. The number of carbonyl (C=O) groups excluding carboxylic acids is 2. The van der Waals surface area contributed by atoms with Crippen molar-refractivity contribution in [3.05, 3.63) is 95.6 Å². The van der Waals surface area contributed by atoms with Crippen molar-refractivity contribution >= 4 is 17.5 Å². The molecule has 0 atom stereocenters. The molecule has 29 heavy (non-hydrogen) atoms. The molecule has 1 aliphatic rings. The van der Waals surface area contributed by atoms with Crippen LogP contribution in [0.15, 0.2) is 78.9 Å². The zero-order chi connectivity index (χ0) is 20.1. The normalized spacial score (nSPS) is 12.3. The van der Waals surface area contributed by atoms with E-state index in [4.69, 9.17) is 4.74 Å². The number of nitrogens with one attached hydrogen (secondary N) is 1. The van der Waals surface area contributed by atoms with Gasteiger partial charge in [-0.05, 0) is 47.9 Å². The number of nitrogens with zero attached hydrogens (tertiary/aromatic N) is 1. The van der Waals surface area contributed by atoms with Crippen LogP contribution in [-0.4, -0.2) is 25.0 Å². The standard InChI is InChI=1S/C24H22N2O3/c27-23(17-29-21-9-5-2-6-10-21)25-16-18-11-12-19-13-14-26(22(19)15-18)24(28)20-7-3-1-4-8-20/h1-12,15H,13-14,16-17H2,(H,25,27). The van der Waals surface area contributed by atoms with Crippen molar-refractivity contribution < 1.29 is 14.3 Å². The van der Waals surface area contributed by atoms with Gasteiger partial charge in [-0.25, -0.2) is 0 Å². The Morgan fingerprint density at radius 1 is 0.931 bits per heavy atom. The fraction of sp³-hybridized carbons (Fsp3) is 0.167. The smallest absolute Gasteiger partial charge is 0.258 e. The molecule has 0 unspecified atom stereocenters. The predicted octanol–water partition coefficient (Wildman–Crippen LogP) is 3.58. The topological polar surface area (TPSA) is 58.6 Å². The molecule has 3 aromatic rings. The molecule has 1 heterocycles. The van der Waals surface area contributed by atoms with Gasteiger partial charge in [0.25, 0.3) is 11.8 Å². The highest BCUT2D eigenvalue weighted by atomic mass is 16.5. The van der Waals surface area contributed by atoms with E-state index in [1.54, 1.807) is 0 Å². The van der Waals surface area contributed by atoms with Gasteiger partial charge in [-0.2, -0.15) is 0 Å². The first-order valence-corrected chi connectivity index (χ1v) is 9.64. The van der Waals surface area contributed by atoms with Crippen LogP contribution in [0, 0.1) is 0 Å². The molecule has 0 radical (unpaired) electrons. The van der Waals surface area contributed by atoms with Gasteiger partial charge in [0.1, 0.15) is 5.75 Å². The van der Waals surface area contributed by atoms with Crippen molar-refractivity contribution in [1.82, 2.24) is 5.32 Å². The fourth-order valence-corrected chi connectivity index (χ4v) is 3.40. The quantitative estimate of drug-likeness (QED) is 0.704. The molecular formula is C24H22N2O3. The molecule has 5 nitrogen and oxygen atoms in total. The van der Waals surface area contributed by atoms with Crippen LogP contribution in [0.25, 0.3) is 0 Å². The van der Waals surface area contributed by atoms with E-state index in [0.717, 1.165) is 23.2 Å². The largest absolute Gasteiger partial charge is 0.484 e. The summed E-state index contributed by atoms with van der Waals surface area (Å²) in [6.07, 6.45) is 0.839. The highest BCUT2D eigenvalue weighted by molar-refractivity contribution is 6.07. The summed E-state index contributed by atoms with van der Waals surface area (Å²) in [5.41, 5.74) is 3.70. The Bertz CT molecular complexity index is 1000. The highest BCUT2D eigenvalue weighted by Crippen LogP contribution is 2.30. The molecule has 3 aromatic carbocycles. The summed E-state index contributed by atoms with van der Waals surface area (Å²) in [7, 11) is 0. The van der Waals surface area contributed by atoms with E-state index in [1.165, 1.54) is 0 Å². The molecule has 146 valence electrons. The van der Waals surface area contributed by atoms with Gasteiger partial charge in [-0.3, -0.25) is 9.59 Å². The van der Waals surface area contributed by atoms with E-state index < -0.39 is 0 Å². The summed E-state index contributed by atoms with van der Waals surface area (Å²) in [4.78, 5) is 26.7. The van der Waals surface area contributed by atoms with Crippen LogP contribution in [0.2, 0.25) is 0 Å². The number of benzene rings is 3. The minimum absolute atomic E-state index is 0.00166. The Morgan fingerprint density at radius 2 is 1.66 bits per heavy atom. The number of hydrogen-bond donors (Lipinski definition) is 1. The number of rotatable bonds is 6. The number of amides is 2. The van der Waals surface area contributed by atoms with Gasteiger partial charge in [0.05, 0.1) is 0 Å². The van der Waals surface area contributed by atoms with E-state index >= 15 is 0 Å². The molecule has 0 saturated heterocycles. The minimum atomic E-state index is -0.188. The molecular weight excluding hydrogens is 364 g/mol. The Balaban J connectivity index is 1.38. The summed E-state index contributed by atoms with van der Waals surface area (Å²) in [6, 6.07) is 24.6. The molecule has 0 fully saturated rings. The molecule has 5 heteroatoms. The van der Waals surface area contributed by atoms with Gasteiger partial charge < -0.3 is 15.0 Å². The van der Waals surface area contributed by atoms with Crippen molar-refractivity contribution in [3.63, 3.8) is 0 Å². The predicted molar refractivity (Wildman–Crippen MR) is 112 cm³/mol.